The maximum absolute atomic E-state index is 10.7. The molecule has 13 heavy (non-hydrogen) atoms. The van der Waals surface area contributed by atoms with E-state index in [0.717, 1.165) is 0 Å². The molecular formula is C7H12O4S2. The van der Waals surface area contributed by atoms with Gasteiger partial charge in [0.1, 0.15) is 9.84 Å². The smallest absolute Gasteiger partial charge is 0.330 e. The minimum atomic E-state index is -2.90. The minimum Gasteiger partial charge on any atom is -0.466 e. The molecular weight excluding hydrogens is 212 g/mol. The Hall–Kier alpha value is -0.490. The first-order valence-corrected chi connectivity index (χ1v) is 6.60. The molecule has 0 rings (SSSR count). The highest BCUT2D eigenvalue weighted by Gasteiger charge is 1.99. The molecule has 4 nitrogen and oxygen atoms in total. The second kappa shape index (κ2) is 6.04. The summed E-state index contributed by atoms with van der Waals surface area (Å²) in [5.74, 6) is 0.127. The summed E-state index contributed by atoms with van der Waals surface area (Å²) in [6, 6.07) is 0. The quantitative estimate of drug-likeness (QED) is 0.385. The standard InChI is InChI=1S/C7H12O4S2/c1-11-7(8)3-4-12-5-6-13(2,9)10/h3-4H,5-6H2,1-2H3. The molecule has 0 fully saturated rings. The molecule has 76 valence electrons. The Balaban J connectivity index is 3.58. The highest BCUT2D eigenvalue weighted by Crippen LogP contribution is 2.02. The molecule has 0 radical (unpaired) electrons. The summed E-state index contributed by atoms with van der Waals surface area (Å²) in [7, 11) is -1.62. The van der Waals surface area contributed by atoms with E-state index in [2.05, 4.69) is 4.74 Å². The van der Waals surface area contributed by atoms with Crippen LogP contribution in [-0.2, 0) is 19.4 Å². The molecule has 0 aliphatic rings. The van der Waals surface area contributed by atoms with Gasteiger partial charge in [-0.2, -0.15) is 0 Å². The maximum atomic E-state index is 10.7. The minimum absolute atomic E-state index is 0.114. The number of thioether (sulfide) groups is 1. The summed E-state index contributed by atoms with van der Waals surface area (Å²) >= 11 is 1.26. The molecule has 0 saturated heterocycles. The fourth-order valence-electron chi connectivity index (χ4n) is 0.439. The van der Waals surface area contributed by atoms with Crippen LogP contribution in [0.4, 0.5) is 0 Å². The number of ether oxygens (including phenoxy) is 1. The van der Waals surface area contributed by atoms with Crippen LogP contribution in [0.5, 0.6) is 0 Å². The molecule has 0 bridgehead atoms. The van der Waals surface area contributed by atoms with Crippen molar-refractivity contribution in [2.24, 2.45) is 0 Å². The Morgan fingerprint density at radius 2 is 2.15 bits per heavy atom. The lowest BCUT2D eigenvalue weighted by atomic mass is 10.7. The van der Waals surface area contributed by atoms with Gasteiger partial charge in [-0.05, 0) is 5.41 Å². The molecule has 0 aliphatic carbocycles. The normalized spacial score (nSPS) is 11.8. The second-order valence-electron chi connectivity index (χ2n) is 2.33. The van der Waals surface area contributed by atoms with Gasteiger partial charge in [0.2, 0.25) is 0 Å². The fourth-order valence-corrected chi connectivity index (χ4v) is 2.38. The van der Waals surface area contributed by atoms with Crippen LogP contribution in [0.3, 0.4) is 0 Å². The number of hydrogen-bond acceptors (Lipinski definition) is 5. The van der Waals surface area contributed by atoms with Gasteiger partial charge in [0, 0.05) is 18.1 Å². The molecule has 0 unspecified atom stereocenters. The molecule has 6 heteroatoms. The highest BCUT2D eigenvalue weighted by molar-refractivity contribution is 8.03. The van der Waals surface area contributed by atoms with E-state index in [9.17, 15) is 13.2 Å². The molecule has 0 N–H and O–H groups in total. The van der Waals surface area contributed by atoms with E-state index in [4.69, 9.17) is 0 Å². The summed E-state index contributed by atoms with van der Waals surface area (Å²) in [5.41, 5.74) is 0. The highest BCUT2D eigenvalue weighted by atomic mass is 32.2. The number of methoxy groups -OCH3 is 1. The van der Waals surface area contributed by atoms with Gasteiger partial charge >= 0.3 is 5.97 Å². The third-order valence-corrected chi connectivity index (χ3v) is 3.05. The fraction of sp³-hybridized carbons (Fsp3) is 0.571. The summed E-state index contributed by atoms with van der Waals surface area (Å²) in [5, 5.41) is 1.52. The number of esters is 1. The molecule has 0 aromatic carbocycles. The van der Waals surface area contributed by atoms with Gasteiger partial charge in [-0.1, -0.05) is 0 Å². The molecule has 0 aromatic rings. The van der Waals surface area contributed by atoms with Crippen LogP contribution in [0.2, 0.25) is 0 Å². The predicted octanol–water partition coefficient (Wildman–Crippen LogP) is 0.451. The van der Waals surface area contributed by atoms with Gasteiger partial charge in [0.05, 0.1) is 12.9 Å². The summed E-state index contributed by atoms with van der Waals surface area (Å²) in [6.45, 7) is 0. The zero-order valence-electron chi connectivity index (χ0n) is 7.52. The maximum Gasteiger partial charge on any atom is 0.330 e. The van der Waals surface area contributed by atoms with Crippen LogP contribution < -0.4 is 0 Å². The zero-order valence-corrected chi connectivity index (χ0v) is 9.15. The van der Waals surface area contributed by atoms with Crippen LogP contribution in [-0.4, -0.2) is 39.3 Å². The molecule has 0 aromatic heterocycles. The van der Waals surface area contributed by atoms with E-state index in [1.54, 1.807) is 0 Å². The van der Waals surface area contributed by atoms with Gasteiger partial charge in [-0.25, -0.2) is 13.2 Å². The van der Waals surface area contributed by atoms with E-state index >= 15 is 0 Å². The van der Waals surface area contributed by atoms with E-state index < -0.39 is 15.8 Å². The topological polar surface area (TPSA) is 60.4 Å². The van der Waals surface area contributed by atoms with Crippen LogP contribution in [0.25, 0.3) is 0 Å². The SMILES string of the molecule is COC(=O)C=CSCCS(C)(=O)=O. The van der Waals surface area contributed by atoms with Crippen molar-refractivity contribution in [3.63, 3.8) is 0 Å². The lowest BCUT2D eigenvalue weighted by Gasteiger charge is -1.93. The van der Waals surface area contributed by atoms with Crippen molar-refractivity contribution in [3.05, 3.63) is 11.5 Å². The number of sulfone groups is 1. The lowest BCUT2D eigenvalue weighted by molar-refractivity contribution is -0.134. The van der Waals surface area contributed by atoms with E-state index in [0.29, 0.717) is 5.75 Å². The van der Waals surface area contributed by atoms with Crippen molar-refractivity contribution in [3.8, 4) is 0 Å². The Morgan fingerprint density at radius 1 is 1.54 bits per heavy atom. The molecule has 0 aliphatic heterocycles. The van der Waals surface area contributed by atoms with Gasteiger partial charge in [-0.15, -0.1) is 11.8 Å². The molecule has 0 heterocycles. The second-order valence-corrected chi connectivity index (χ2v) is 5.60. The number of carbonyl (C=O) groups is 1. The van der Waals surface area contributed by atoms with Crippen molar-refractivity contribution in [2.75, 3.05) is 24.9 Å². The van der Waals surface area contributed by atoms with Crippen molar-refractivity contribution < 1.29 is 17.9 Å². The van der Waals surface area contributed by atoms with Crippen LogP contribution >= 0.6 is 11.8 Å². The van der Waals surface area contributed by atoms with Crippen molar-refractivity contribution in [1.29, 1.82) is 0 Å². The first-order chi connectivity index (χ1) is 5.95. The Morgan fingerprint density at radius 3 is 2.62 bits per heavy atom. The van der Waals surface area contributed by atoms with Crippen molar-refractivity contribution in [2.45, 2.75) is 0 Å². The van der Waals surface area contributed by atoms with Gasteiger partial charge in [-0.3, -0.25) is 0 Å². The van der Waals surface area contributed by atoms with Crippen molar-refractivity contribution >= 4 is 27.6 Å². The molecule has 0 saturated carbocycles. The summed E-state index contributed by atoms with van der Waals surface area (Å²) in [4.78, 5) is 10.5. The third-order valence-electron chi connectivity index (χ3n) is 1.07. The first-order valence-electron chi connectivity index (χ1n) is 3.49. The van der Waals surface area contributed by atoms with Crippen LogP contribution in [0, 0.1) is 0 Å². The average Bonchev–Trinajstić information content (AvgIpc) is 2.01. The van der Waals surface area contributed by atoms with E-state index in [1.807, 2.05) is 0 Å². The zero-order chi connectivity index (χ0) is 10.3. The average molecular weight is 224 g/mol. The predicted molar refractivity (Wildman–Crippen MR) is 53.3 cm³/mol. The Labute approximate surface area is 82.3 Å². The lowest BCUT2D eigenvalue weighted by Crippen LogP contribution is -2.04. The monoisotopic (exact) mass is 224 g/mol. The molecule has 0 atom stereocenters. The van der Waals surface area contributed by atoms with E-state index in [1.165, 1.54) is 36.6 Å². The number of carbonyl (C=O) groups excluding carboxylic acids is 1. The van der Waals surface area contributed by atoms with Gasteiger partial charge in [0.15, 0.2) is 0 Å². The van der Waals surface area contributed by atoms with Gasteiger partial charge < -0.3 is 4.74 Å². The van der Waals surface area contributed by atoms with E-state index in [-0.39, 0.29) is 5.75 Å². The molecule has 0 spiro atoms. The van der Waals surface area contributed by atoms with Crippen LogP contribution in [0.1, 0.15) is 0 Å². The summed E-state index contributed by atoms with van der Waals surface area (Å²) in [6.07, 6.45) is 2.44. The Bertz CT molecular complexity index is 279. The van der Waals surface area contributed by atoms with Crippen molar-refractivity contribution in [1.82, 2.24) is 0 Å². The Kier molecular flexibility index (Phi) is 5.81. The summed E-state index contributed by atoms with van der Waals surface area (Å²) < 4.78 is 25.7. The number of hydrogen-bond donors (Lipinski definition) is 0. The number of rotatable bonds is 5. The third kappa shape index (κ3) is 9.42. The van der Waals surface area contributed by atoms with Crippen LogP contribution in [0.15, 0.2) is 11.5 Å². The molecule has 0 amide bonds. The largest absolute Gasteiger partial charge is 0.466 e. The first kappa shape index (κ1) is 12.5. The van der Waals surface area contributed by atoms with Gasteiger partial charge in [0.25, 0.3) is 0 Å².